The van der Waals surface area contributed by atoms with E-state index in [-0.39, 0.29) is 0 Å². The summed E-state index contributed by atoms with van der Waals surface area (Å²) in [6, 6.07) is 14.8. The van der Waals surface area contributed by atoms with Crippen LogP contribution in [0.15, 0.2) is 47.0 Å². The van der Waals surface area contributed by atoms with E-state index in [0.29, 0.717) is 17.1 Å². The van der Waals surface area contributed by atoms with Crippen LogP contribution in [0.3, 0.4) is 0 Å². The number of aromatic nitrogens is 1. The summed E-state index contributed by atoms with van der Waals surface area (Å²) in [6.45, 7) is 8.57. The molecular formula is C24H23N2O+. The van der Waals surface area contributed by atoms with Gasteiger partial charge in [-0.3, -0.25) is 0 Å². The van der Waals surface area contributed by atoms with Crippen molar-refractivity contribution in [3.8, 4) is 17.3 Å². The van der Waals surface area contributed by atoms with Gasteiger partial charge in [-0.05, 0) is 54.7 Å². The van der Waals surface area contributed by atoms with E-state index in [1.807, 2.05) is 38.4 Å². The van der Waals surface area contributed by atoms with Gasteiger partial charge in [0.1, 0.15) is 18.7 Å². The molecule has 0 fully saturated rings. The van der Waals surface area contributed by atoms with Crippen LogP contribution in [0.4, 0.5) is 0 Å². The van der Waals surface area contributed by atoms with Gasteiger partial charge in [-0.1, -0.05) is 19.9 Å². The first-order chi connectivity index (χ1) is 12.9. The Hall–Kier alpha value is -3.12. The number of nitriles is 1. The number of fused-ring (bicyclic) bond motifs is 3. The maximum absolute atomic E-state index is 9.63. The normalized spacial score (nSPS) is 11.4. The van der Waals surface area contributed by atoms with Crippen molar-refractivity contribution in [2.24, 2.45) is 7.05 Å². The van der Waals surface area contributed by atoms with E-state index >= 15 is 0 Å². The van der Waals surface area contributed by atoms with E-state index in [1.54, 1.807) is 0 Å². The Morgan fingerprint density at radius 1 is 1.07 bits per heavy atom. The van der Waals surface area contributed by atoms with Crippen LogP contribution in [0.2, 0.25) is 0 Å². The SMILES string of the molecule is Cc1cc(C#N)c2oc3c(-c4cccc[n+]4C)c(C)cc(C(C)C)c3c2c1. The number of furan rings is 1. The minimum absolute atomic E-state index is 0.358. The highest BCUT2D eigenvalue weighted by Crippen LogP contribution is 2.42. The quantitative estimate of drug-likeness (QED) is 0.433. The van der Waals surface area contributed by atoms with Gasteiger partial charge >= 0.3 is 0 Å². The number of hydrogen-bond acceptors (Lipinski definition) is 2. The second-order valence-electron chi connectivity index (χ2n) is 7.62. The third-order valence-electron chi connectivity index (χ3n) is 5.27. The van der Waals surface area contributed by atoms with Crippen LogP contribution in [-0.2, 0) is 7.05 Å². The number of benzene rings is 2. The molecular weight excluding hydrogens is 332 g/mol. The topological polar surface area (TPSA) is 40.8 Å². The molecule has 0 amide bonds. The summed E-state index contributed by atoms with van der Waals surface area (Å²) in [5.74, 6) is 0.358. The van der Waals surface area contributed by atoms with Crippen LogP contribution in [-0.4, -0.2) is 0 Å². The van der Waals surface area contributed by atoms with Gasteiger partial charge in [0.2, 0.25) is 5.69 Å². The largest absolute Gasteiger partial charge is 0.454 e. The number of rotatable bonds is 2. The van der Waals surface area contributed by atoms with Crippen LogP contribution in [0, 0.1) is 25.2 Å². The molecule has 0 radical (unpaired) electrons. The fourth-order valence-electron chi connectivity index (χ4n) is 4.00. The number of nitrogens with zero attached hydrogens (tertiary/aromatic N) is 2. The van der Waals surface area contributed by atoms with Gasteiger partial charge in [0, 0.05) is 22.9 Å². The highest BCUT2D eigenvalue weighted by molar-refractivity contribution is 6.13. The molecule has 4 rings (SSSR count). The van der Waals surface area contributed by atoms with E-state index < -0.39 is 0 Å². The van der Waals surface area contributed by atoms with Gasteiger partial charge < -0.3 is 4.42 Å². The summed E-state index contributed by atoms with van der Waals surface area (Å²) in [5, 5.41) is 11.8. The molecule has 2 heterocycles. The van der Waals surface area contributed by atoms with Gasteiger partial charge in [-0.15, -0.1) is 0 Å². The zero-order chi connectivity index (χ0) is 19.3. The molecule has 0 aliphatic heterocycles. The van der Waals surface area contributed by atoms with Crippen LogP contribution in [0.5, 0.6) is 0 Å². The second-order valence-corrected chi connectivity index (χ2v) is 7.62. The first-order valence-corrected chi connectivity index (χ1v) is 9.27. The summed E-state index contributed by atoms with van der Waals surface area (Å²) in [6.07, 6.45) is 2.05. The van der Waals surface area contributed by atoms with E-state index in [2.05, 4.69) is 49.6 Å². The Balaban J connectivity index is 2.27. The third-order valence-corrected chi connectivity index (χ3v) is 5.27. The fourth-order valence-corrected chi connectivity index (χ4v) is 4.00. The van der Waals surface area contributed by atoms with Crippen molar-refractivity contribution < 1.29 is 8.98 Å². The molecule has 3 nitrogen and oxygen atoms in total. The van der Waals surface area contributed by atoms with Crippen molar-refractivity contribution in [3.05, 3.63) is 64.8 Å². The minimum Gasteiger partial charge on any atom is -0.454 e. The maximum atomic E-state index is 9.63. The highest BCUT2D eigenvalue weighted by atomic mass is 16.3. The molecule has 0 aliphatic carbocycles. The van der Waals surface area contributed by atoms with Crippen LogP contribution < -0.4 is 4.57 Å². The lowest BCUT2D eigenvalue weighted by Gasteiger charge is -2.12. The van der Waals surface area contributed by atoms with Crippen molar-refractivity contribution in [3.63, 3.8) is 0 Å². The molecule has 0 unspecified atom stereocenters. The van der Waals surface area contributed by atoms with Crippen LogP contribution in [0.25, 0.3) is 33.2 Å². The summed E-state index contributed by atoms with van der Waals surface area (Å²) in [5.41, 5.74) is 7.86. The molecule has 0 saturated heterocycles. The Morgan fingerprint density at radius 2 is 1.85 bits per heavy atom. The Labute approximate surface area is 159 Å². The molecule has 0 atom stereocenters. The summed E-state index contributed by atoms with van der Waals surface area (Å²) in [4.78, 5) is 0. The summed E-state index contributed by atoms with van der Waals surface area (Å²) in [7, 11) is 2.05. The number of hydrogen-bond donors (Lipinski definition) is 0. The van der Waals surface area contributed by atoms with Crippen molar-refractivity contribution in [2.45, 2.75) is 33.6 Å². The van der Waals surface area contributed by atoms with E-state index in [4.69, 9.17) is 4.42 Å². The average molecular weight is 355 g/mol. The van der Waals surface area contributed by atoms with Gasteiger partial charge in [-0.2, -0.15) is 5.26 Å². The van der Waals surface area contributed by atoms with Gasteiger partial charge in [0.25, 0.3) is 0 Å². The van der Waals surface area contributed by atoms with E-state index in [9.17, 15) is 5.26 Å². The molecule has 0 N–H and O–H groups in total. The number of pyridine rings is 1. The summed E-state index contributed by atoms with van der Waals surface area (Å²) >= 11 is 0. The highest BCUT2D eigenvalue weighted by Gasteiger charge is 2.24. The van der Waals surface area contributed by atoms with Crippen LogP contribution in [0.1, 0.15) is 42.0 Å². The molecule has 2 aromatic carbocycles. The standard InChI is InChI=1S/C24H23N2O/c1-14(2)18-12-16(4)21(20-8-6-7-9-26(20)5)24-22(18)19-11-15(3)10-17(13-25)23(19)27-24/h6-12,14H,1-5H3/q+1. The molecule has 0 bridgehead atoms. The van der Waals surface area contributed by atoms with Gasteiger partial charge in [0.15, 0.2) is 11.8 Å². The molecule has 27 heavy (non-hydrogen) atoms. The zero-order valence-electron chi connectivity index (χ0n) is 16.4. The van der Waals surface area contributed by atoms with Crippen LogP contribution >= 0.6 is 0 Å². The first-order valence-electron chi connectivity index (χ1n) is 9.27. The Kier molecular flexibility index (Phi) is 4.00. The molecule has 0 saturated carbocycles. The first kappa shape index (κ1) is 17.3. The van der Waals surface area contributed by atoms with E-state index in [1.165, 1.54) is 11.1 Å². The lowest BCUT2D eigenvalue weighted by atomic mass is 9.90. The fraction of sp³-hybridized carbons (Fsp3) is 0.250. The monoisotopic (exact) mass is 355 g/mol. The van der Waals surface area contributed by atoms with Crippen molar-refractivity contribution >= 4 is 21.9 Å². The molecule has 3 heteroatoms. The molecule has 134 valence electrons. The Morgan fingerprint density at radius 3 is 2.52 bits per heavy atom. The van der Waals surface area contributed by atoms with Crippen molar-refractivity contribution in [1.29, 1.82) is 5.26 Å². The Bertz CT molecular complexity index is 1240. The smallest absolute Gasteiger partial charge is 0.216 e. The average Bonchev–Trinajstić information content (AvgIpc) is 3.00. The number of aryl methyl sites for hydroxylation is 3. The molecule has 0 spiro atoms. The summed E-state index contributed by atoms with van der Waals surface area (Å²) < 4.78 is 8.52. The van der Waals surface area contributed by atoms with Gasteiger partial charge in [0.05, 0.1) is 11.1 Å². The van der Waals surface area contributed by atoms with E-state index in [0.717, 1.165) is 33.2 Å². The molecule has 4 aromatic rings. The zero-order valence-corrected chi connectivity index (χ0v) is 16.4. The van der Waals surface area contributed by atoms with Crippen molar-refractivity contribution in [1.82, 2.24) is 0 Å². The molecule has 0 aliphatic rings. The van der Waals surface area contributed by atoms with Gasteiger partial charge in [-0.25, -0.2) is 4.57 Å². The lowest BCUT2D eigenvalue weighted by molar-refractivity contribution is -0.660. The second kappa shape index (κ2) is 6.25. The maximum Gasteiger partial charge on any atom is 0.216 e. The van der Waals surface area contributed by atoms with Crippen molar-refractivity contribution in [2.75, 3.05) is 0 Å². The molecule has 2 aromatic heterocycles. The minimum atomic E-state index is 0.358. The predicted octanol–water partition coefficient (Wildman–Crippen LogP) is 5.69. The third kappa shape index (κ3) is 2.61. The predicted molar refractivity (Wildman–Crippen MR) is 109 cm³/mol. The lowest BCUT2D eigenvalue weighted by Crippen LogP contribution is -2.30.